The number of carbonyl (C=O) groups is 2. The highest BCUT2D eigenvalue weighted by atomic mass is 19.1. The molecule has 2 amide bonds. The molecule has 25 heavy (non-hydrogen) atoms. The van der Waals surface area contributed by atoms with Crippen LogP contribution in [0.4, 0.5) is 4.39 Å². The lowest BCUT2D eigenvalue weighted by molar-refractivity contribution is -0.150. The second-order valence-corrected chi connectivity index (χ2v) is 6.55. The van der Waals surface area contributed by atoms with Gasteiger partial charge in [0.05, 0.1) is 13.1 Å². The highest BCUT2D eigenvalue weighted by Gasteiger charge is 2.41. The first-order valence-corrected chi connectivity index (χ1v) is 8.24. The zero-order chi connectivity index (χ0) is 18.2. The molecule has 0 spiro atoms. The minimum absolute atomic E-state index is 0.0154. The Hall–Kier alpha value is -2.41. The van der Waals surface area contributed by atoms with Crippen LogP contribution in [-0.4, -0.2) is 40.5 Å². The molecule has 1 aromatic carbocycles. The summed E-state index contributed by atoms with van der Waals surface area (Å²) in [5.74, 6) is -0.546. The van der Waals surface area contributed by atoms with E-state index in [1.807, 2.05) is 0 Å². The number of piperidine rings is 1. The lowest BCUT2D eigenvalue weighted by Gasteiger charge is -2.37. The van der Waals surface area contributed by atoms with E-state index in [9.17, 15) is 19.1 Å². The molecular weight excluding hydrogens is 327 g/mol. The maximum atomic E-state index is 13.4. The van der Waals surface area contributed by atoms with Gasteiger partial charge in [-0.15, -0.1) is 0 Å². The minimum Gasteiger partial charge on any atom is -0.459 e. The Balaban J connectivity index is 1.72. The molecule has 2 N–H and O–H groups in total. The van der Waals surface area contributed by atoms with Crippen LogP contribution in [0.5, 0.6) is 0 Å². The summed E-state index contributed by atoms with van der Waals surface area (Å²) in [5.41, 5.74) is -0.311. The molecule has 0 saturated carbocycles. The molecule has 134 valence electrons. The second-order valence-electron chi connectivity index (χ2n) is 6.55. The number of rotatable bonds is 3. The van der Waals surface area contributed by atoms with Crippen LogP contribution in [0.25, 0.3) is 11.0 Å². The van der Waals surface area contributed by atoms with Gasteiger partial charge in [-0.3, -0.25) is 9.59 Å². The largest absolute Gasteiger partial charge is 0.459 e. The number of carbonyl (C=O) groups excluding carboxylic acids is 2. The highest BCUT2D eigenvalue weighted by molar-refractivity contribution is 5.87. The van der Waals surface area contributed by atoms with E-state index >= 15 is 0 Å². The summed E-state index contributed by atoms with van der Waals surface area (Å²) >= 11 is 0. The maximum Gasteiger partial charge on any atom is 0.254 e. The van der Waals surface area contributed by atoms with Gasteiger partial charge < -0.3 is 19.7 Å². The molecule has 1 atom stereocenters. The summed E-state index contributed by atoms with van der Waals surface area (Å²) in [5, 5.41) is 13.9. The molecule has 2 heterocycles. The molecule has 1 unspecified atom stereocenters. The van der Waals surface area contributed by atoms with E-state index in [0.717, 1.165) is 5.56 Å². The minimum atomic E-state index is -1.60. The Kier molecular flexibility index (Phi) is 4.51. The summed E-state index contributed by atoms with van der Waals surface area (Å²) in [6.45, 7) is 3.82. The predicted molar refractivity (Wildman–Crippen MR) is 89.2 cm³/mol. The number of furan rings is 1. The van der Waals surface area contributed by atoms with Crippen LogP contribution in [0.3, 0.4) is 0 Å². The number of aryl methyl sites for hydroxylation is 1. The molecule has 6 nitrogen and oxygen atoms in total. The molecule has 1 saturated heterocycles. The first-order chi connectivity index (χ1) is 11.8. The van der Waals surface area contributed by atoms with Crippen LogP contribution in [0.15, 0.2) is 22.6 Å². The number of hydrogen-bond acceptors (Lipinski definition) is 4. The smallest absolute Gasteiger partial charge is 0.254 e. The molecule has 3 rings (SSSR count). The molecule has 0 bridgehead atoms. The molecular formula is C18H21FN2O4. The monoisotopic (exact) mass is 348 g/mol. The average molecular weight is 348 g/mol. The highest BCUT2D eigenvalue weighted by Crippen LogP contribution is 2.26. The van der Waals surface area contributed by atoms with E-state index in [1.54, 1.807) is 13.0 Å². The van der Waals surface area contributed by atoms with Crippen LogP contribution in [0, 0.1) is 12.7 Å². The van der Waals surface area contributed by atoms with E-state index in [0.29, 0.717) is 36.1 Å². The molecule has 1 aliphatic heterocycles. The molecule has 1 fully saturated rings. The van der Waals surface area contributed by atoms with Crippen molar-refractivity contribution in [3.63, 3.8) is 0 Å². The Morgan fingerprint density at radius 2 is 2.20 bits per heavy atom. The quantitative estimate of drug-likeness (QED) is 0.887. The van der Waals surface area contributed by atoms with Crippen molar-refractivity contribution in [3.05, 3.63) is 35.3 Å². The van der Waals surface area contributed by atoms with Gasteiger partial charge in [-0.05, 0) is 38.0 Å². The number of β-amino-alcohol motifs (C(OH)–C–C–N with tert-alkyl or cyclic N) is 1. The Bertz CT molecular complexity index is 832. The lowest BCUT2D eigenvalue weighted by Crippen LogP contribution is -2.57. The maximum absolute atomic E-state index is 13.4. The fraction of sp³-hybridized carbons (Fsp3) is 0.444. The van der Waals surface area contributed by atoms with Gasteiger partial charge in [-0.25, -0.2) is 4.39 Å². The third-order valence-corrected chi connectivity index (χ3v) is 4.75. The number of likely N-dealkylation sites (tertiary alicyclic amines) is 1. The molecule has 0 aliphatic carbocycles. The molecule has 2 aromatic rings. The number of nitrogens with zero attached hydrogens (tertiary/aromatic N) is 1. The fourth-order valence-corrected chi connectivity index (χ4v) is 3.23. The predicted octanol–water partition coefficient (Wildman–Crippen LogP) is 1.87. The standard InChI is InChI=1S/C18H21FN2O4/c1-11-14-8-13(19)4-5-15(14)25-16(11)9-20-17(23)18(24)6-3-7-21(10-18)12(2)22/h4-5,8,24H,3,6-7,9-10H2,1-2H3,(H,20,23). The Morgan fingerprint density at radius 3 is 2.92 bits per heavy atom. The first-order valence-electron chi connectivity index (χ1n) is 8.24. The summed E-state index contributed by atoms with van der Waals surface area (Å²) in [6.07, 6.45) is 0.860. The van der Waals surface area contributed by atoms with Crippen LogP contribution in [-0.2, 0) is 16.1 Å². The van der Waals surface area contributed by atoms with E-state index < -0.39 is 11.5 Å². The number of halogens is 1. The number of aliphatic hydroxyl groups is 1. The molecule has 7 heteroatoms. The topological polar surface area (TPSA) is 82.8 Å². The van der Waals surface area contributed by atoms with E-state index in [4.69, 9.17) is 4.42 Å². The van der Waals surface area contributed by atoms with Gasteiger partial charge >= 0.3 is 0 Å². The van der Waals surface area contributed by atoms with E-state index in [1.165, 1.54) is 24.0 Å². The number of nitrogens with one attached hydrogen (secondary N) is 1. The zero-order valence-corrected chi connectivity index (χ0v) is 14.3. The fourth-order valence-electron chi connectivity index (χ4n) is 3.23. The van der Waals surface area contributed by atoms with Crippen LogP contribution in [0.2, 0.25) is 0 Å². The Labute approximate surface area is 144 Å². The SMILES string of the molecule is CC(=O)N1CCCC(O)(C(=O)NCc2oc3ccc(F)cc3c2C)C1. The normalized spacial score (nSPS) is 20.7. The molecule has 1 aromatic heterocycles. The van der Waals surface area contributed by atoms with Crippen molar-refractivity contribution >= 4 is 22.8 Å². The van der Waals surface area contributed by atoms with Gasteiger partial charge in [0.1, 0.15) is 17.2 Å². The van der Waals surface area contributed by atoms with Crippen molar-refractivity contribution in [1.82, 2.24) is 10.2 Å². The van der Waals surface area contributed by atoms with Crippen LogP contribution >= 0.6 is 0 Å². The van der Waals surface area contributed by atoms with Crippen molar-refractivity contribution in [2.75, 3.05) is 13.1 Å². The van der Waals surface area contributed by atoms with Gasteiger partial charge in [0.2, 0.25) is 5.91 Å². The van der Waals surface area contributed by atoms with Crippen molar-refractivity contribution in [2.45, 2.75) is 38.8 Å². The summed E-state index contributed by atoms with van der Waals surface area (Å²) in [7, 11) is 0. The van der Waals surface area contributed by atoms with Gasteiger partial charge in [-0.2, -0.15) is 0 Å². The third-order valence-electron chi connectivity index (χ3n) is 4.75. The van der Waals surface area contributed by atoms with Crippen molar-refractivity contribution in [2.24, 2.45) is 0 Å². The van der Waals surface area contributed by atoms with Crippen LogP contribution < -0.4 is 5.32 Å². The summed E-state index contributed by atoms with van der Waals surface area (Å²) in [4.78, 5) is 25.4. The summed E-state index contributed by atoms with van der Waals surface area (Å²) < 4.78 is 19.0. The molecule has 1 aliphatic rings. The van der Waals surface area contributed by atoms with E-state index in [2.05, 4.69) is 5.32 Å². The van der Waals surface area contributed by atoms with E-state index in [-0.39, 0.29) is 24.8 Å². The first kappa shape index (κ1) is 17.4. The number of benzene rings is 1. The van der Waals surface area contributed by atoms with Crippen molar-refractivity contribution in [1.29, 1.82) is 0 Å². The van der Waals surface area contributed by atoms with Gasteiger partial charge in [0.15, 0.2) is 5.60 Å². The number of hydrogen-bond donors (Lipinski definition) is 2. The second kappa shape index (κ2) is 6.48. The Morgan fingerprint density at radius 1 is 1.44 bits per heavy atom. The van der Waals surface area contributed by atoms with Gasteiger partial charge in [0, 0.05) is 24.4 Å². The van der Waals surface area contributed by atoms with Crippen molar-refractivity contribution < 1.29 is 23.5 Å². The number of amides is 2. The summed E-state index contributed by atoms with van der Waals surface area (Å²) in [6, 6.07) is 4.25. The lowest BCUT2D eigenvalue weighted by atomic mass is 9.91. The third kappa shape index (κ3) is 3.37. The van der Waals surface area contributed by atoms with Gasteiger partial charge in [-0.1, -0.05) is 0 Å². The molecule has 0 radical (unpaired) electrons. The van der Waals surface area contributed by atoms with Crippen molar-refractivity contribution in [3.8, 4) is 0 Å². The number of fused-ring (bicyclic) bond motifs is 1. The van der Waals surface area contributed by atoms with Crippen LogP contribution in [0.1, 0.15) is 31.1 Å². The average Bonchev–Trinajstić information content (AvgIpc) is 2.88. The zero-order valence-electron chi connectivity index (χ0n) is 14.3. The van der Waals surface area contributed by atoms with Gasteiger partial charge in [0.25, 0.3) is 5.91 Å².